The number of imide groups is 1. The van der Waals surface area contributed by atoms with Crippen molar-refractivity contribution < 1.29 is 18.8 Å². The number of benzene rings is 1. The van der Waals surface area contributed by atoms with E-state index in [0.717, 1.165) is 22.7 Å². The van der Waals surface area contributed by atoms with Crippen LogP contribution in [0.5, 0.6) is 0 Å². The first-order valence-electron chi connectivity index (χ1n) is 9.46. The molecule has 2 fully saturated rings. The second kappa shape index (κ2) is 7.55. The monoisotopic (exact) mass is 416 g/mol. The molecule has 29 heavy (non-hydrogen) atoms. The molecule has 2 aromatic rings. The lowest BCUT2D eigenvalue weighted by Gasteiger charge is -2.32. The van der Waals surface area contributed by atoms with Crippen LogP contribution in [0.2, 0.25) is 0 Å². The Bertz CT molecular complexity index is 934. The van der Waals surface area contributed by atoms with Crippen molar-refractivity contribution in [1.29, 1.82) is 0 Å². The molecular formula is C20H21FN4O3S. The molecule has 2 aliphatic heterocycles. The number of urea groups is 1. The summed E-state index contributed by atoms with van der Waals surface area (Å²) in [6, 6.07) is 4.77. The average Bonchev–Trinajstić information content (AvgIpc) is 3.32. The van der Waals surface area contributed by atoms with E-state index in [1.807, 2.05) is 5.38 Å². The summed E-state index contributed by atoms with van der Waals surface area (Å²) in [4.78, 5) is 45.2. The standard InChI is InChI=1S/C20H21FN4O3S/c1-20(14-4-6-15(21)7-5-14)18(27)25(19(28)23-20)12-16(26)24-9-2-3-13(11-24)17-22-8-10-29-17/h4-8,10,13H,2-3,9,11-12H2,1H3,(H,23,28). The number of aromatic nitrogens is 1. The number of piperidine rings is 1. The Balaban J connectivity index is 1.46. The molecule has 0 saturated carbocycles. The van der Waals surface area contributed by atoms with Gasteiger partial charge in [-0.25, -0.2) is 14.2 Å². The number of carbonyl (C=O) groups excluding carboxylic acids is 3. The van der Waals surface area contributed by atoms with Crippen LogP contribution in [-0.2, 0) is 15.1 Å². The molecule has 7 nitrogen and oxygen atoms in total. The molecule has 2 saturated heterocycles. The van der Waals surface area contributed by atoms with Gasteiger partial charge in [0.25, 0.3) is 5.91 Å². The summed E-state index contributed by atoms with van der Waals surface area (Å²) in [7, 11) is 0. The van der Waals surface area contributed by atoms with Crippen molar-refractivity contribution in [2.45, 2.75) is 31.2 Å². The summed E-state index contributed by atoms with van der Waals surface area (Å²) in [5, 5.41) is 5.56. The topological polar surface area (TPSA) is 82.6 Å². The molecule has 4 rings (SSSR count). The van der Waals surface area contributed by atoms with Gasteiger partial charge in [0.1, 0.15) is 17.9 Å². The average molecular weight is 416 g/mol. The number of nitrogens with zero attached hydrogens (tertiary/aromatic N) is 3. The molecule has 0 aliphatic carbocycles. The highest BCUT2D eigenvalue weighted by Gasteiger charge is 2.49. The highest BCUT2D eigenvalue weighted by molar-refractivity contribution is 7.09. The molecule has 2 unspecified atom stereocenters. The number of likely N-dealkylation sites (tertiary alicyclic amines) is 1. The Morgan fingerprint density at radius 1 is 1.34 bits per heavy atom. The Labute approximate surface area is 171 Å². The van der Waals surface area contributed by atoms with Crippen molar-refractivity contribution in [3.8, 4) is 0 Å². The fourth-order valence-electron chi connectivity index (χ4n) is 3.90. The molecule has 1 N–H and O–H groups in total. The molecule has 0 spiro atoms. The van der Waals surface area contributed by atoms with Gasteiger partial charge in [0.05, 0.1) is 5.01 Å². The van der Waals surface area contributed by atoms with Crippen molar-refractivity contribution in [3.05, 3.63) is 52.2 Å². The Morgan fingerprint density at radius 3 is 2.79 bits per heavy atom. The van der Waals surface area contributed by atoms with Gasteiger partial charge in [-0.3, -0.25) is 14.5 Å². The number of hydrogen-bond acceptors (Lipinski definition) is 5. The van der Waals surface area contributed by atoms with Gasteiger partial charge >= 0.3 is 6.03 Å². The summed E-state index contributed by atoms with van der Waals surface area (Å²) in [5.74, 6) is -1.03. The normalized spacial score (nSPS) is 24.7. The van der Waals surface area contributed by atoms with Crippen molar-refractivity contribution in [1.82, 2.24) is 20.1 Å². The number of hydrogen-bond donors (Lipinski definition) is 1. The maximum absolute atomic E-state index is 13.2. The number of nitrogens with one attached hydrogen (secondary N) is 1. The zero-order valence-corrected chi connectivity index (χ0v) is 16.7. The SMILES string of the molecule is CC1(c2ccc(F)cc2)NC(=O)N(CC(=O)N2CCCC(c3nccs3)C2)C1=O. The zero-order chi connectivity index (χ0) is 20.6. The molecule has 0 radical (unpaired) electrons. The molecule has 1 aromatic carbocycles. The van der Waals surface area contributed by atoms with Gasteiger partial charge in [0.15, 0.2) is 0 Å². The predicted octanol–water partition coefficient (Wildman–Crippen LogP) is 2.46. The van der Waals surface area contributed by atoms with Gasteiger partial charge in [0, 0.05) is 30.6 Å². The van der Waals surface area contributed by atoms with Crippen LogP contribution < -0.4 is 5.32 Å². The number of rotatable bonds is 4. The summed E-state index contributed by atoms with van der Waals surface area (Å²) >= 11 is 1.57. The smallest absolute Gasteiger partial charge is 0.325 e. The van der Waals surface area contributed by atoms with E-state index < -0.39 is 23.3 Å². The zero-order valence-electron chi connectivity index (χ0n) is 15.9. The van der Waals surface area contributed by atoms with Crippen LogP contribution in [0.4, 0.5) is 9.18 Å². The van der Waals surface area contributed by atoms with Gasteiger partial charge in [0.2, 0.25) is 5.91 Å². The van der Waals surface area contributed by atoms with Crippen LogP contribution in [0.1, 0.15) is 36.3 Å². The molecule has 3 heterocycles. The summed E-state index contributed by atoms with van der Waals surface area (Å²) in [5.41, 5.74) is -0.856. The molecule has 0 bridgehead atoms. The largest absolute Gasteiger partial charge is 0.340 e. The van der Waals surface area contributed by atoms with Crippen LogP contribution in [0.25, 0.3) is 0 Å². The van der Waals surface area contributed by atoms with E-state index in [1.54, 1.807) is 29.4 Å². The predicted molar refractivity (Wildman–Crippen MR) is 105 cm³/mol. The third-order valence-corrected chi connectivity index (χ3v) is 6.50. The van der Waals surface area contributed by atoms with Crippen molar-refractivity contribution in [2.75, 3.05) is 19.6 Å². The maximum atomic E-state index is 13.2. The minimum absolute atomic E-state index is 0.181. The molecule has 2 aliphatic rings. The number of thiazole rings is 1. The van der Waals surface area contributed by atoms with E-state index in [9.17, 15) is 18.8 Å². The Morgan fingerprint density at radius 2 is 2.10 bits per heavy atom. The van der Waals surface area contributed by atoms with Crippen molar-refractivity contribution in [3.63, 3.8) is 0 Å². The minimum Gasteiger partial charge on any atom is -0.340 e. The first kappa shape index (κ1) is 19.5. The van der Waals surface area contributed by atoms with Gasteiger partial charge < -0.3 is 10.2 Å². The summed E-state index contributed by atoms with van der Waals surface area (Å²) < 4.78 is 13.2. The Hall–Kier alpha value is -2.81. The van der Waals surface area contributed by atoms with Crippen LogP contribution >= 0.6 is 11.3 Å². The molecule has 2 atom stereocenters. The Kier molecular flexibility index (Phi) is 5.08. The quantitative estimate of drug-likeness (QED) is 0.777. The van der Waals surface area contributed by atoms with E-state index in [2.05, 4.69) is 10.3 Å². The van der Waals surface area contributed by atoms with Crippen molar-refractivity contribution >= 4 is 29.2 Å². The highest BCUT2D eigenvalue weighted by atomic mass is 32.1. The lowest BCUT2D eigenvalue weighted by Crippen LogP contribution is -2.47. The fourth-order valence-corrected chi connectivity index (χ4v) is 4.66. The number of amides is 4. The van der Waals surface area contributed by atoms with Gasteiger partial charge in [-0.2, -0.15) is 0 Å². The van der Waals surface area contributed by atoms with E-state index in [4.69, 9.17) is 0 Å². The van der Waals surface area contributed by atoms with E-state index in [1.165, 1.54) is 24.3 Å². The number of carbonyl (C=O) groups is 3. The van der Waals surface area contributed by atoms with Gasteiger partial charge in [-0.15, -0.1) is 11.3 Å². The molecular weight excluding hydrogens is 395 g/mol. The van der Waals surface area contributed by atoms with E-state index >= 15 is 0 Å². The minimum atomic E-state index is -1.32. The third-order valence-electron chi connectivity index (χ3n) is 5.56. The lowest BCUT2D eigenvalue weighted by molar-refractivity contribution is -0.139. The molecule has 9 heteroatoms. The summed E-state index contributed by atoms with van der Waals surface area (Å²) in [6.07, 6.45) is 3.57. The molecule has 152 valence electrons. The molecule has 4 amide bonds. The molecule has 1 aromatic heterocycles. The second-order valence-corrected chi connectivity index (χ2v) is 8.43. The van der Waals surface area contributed by atoms with Crippen molar-refractivity contribution in [2.24, 2.45) is 0 Å². The first-order valence-corrected chi connectivity index (χ1v) is 10.3. The van der Waals surface area contributed by atoms with Gasteiger partial charge in [-0.1, -0.05) is 12.1 Å². The lowest BCUT2D eigenvalue weighted by atomic mass is 9.92. The van der Waals surface area contributed by atoms with Crippen LogP contribution in [0.15, 0.2) is 35.8 Å². The summed E-state index contributed by atoms with van der Waals surface area (Å²) in [6.45, 7) is 2.38. The fraction of sp³-hybridized carbons (Fsp3) is 0.400. The van der Waals surface area contributed by atoms with E-state index in [0.29, 0.717) is 18.7 Å². The van der Waals surface area contributed by atoms with Crippen LogP contribution in [0.3, 0.4) is 0 Å². The van der Waals surface area contributed by atoms with Gasteiger partial charge in [-0.05, 0) is 37.5 Å². The first-order chi connectivity index (χ1) is 13.9. The second-order valence-electron chi connectivity index (χ2n) is 7.50. The maximum Gasteiger partial charge on any atom is 0.325 e. The van der Waals surface area contributed by atoms with Crippen LogP contribution in [-0.4, -0.2) is 52.3 Å². The number of halogens is 1. The van der Waals surface area contributed by atoms with Crippen LogP contribution in [0, 0.1) is 5.82 Å². The van der Waals surface area contributed by atoms with E-state index in [-0.39, 0.29) is 18.4 Å². The third kappa shape index (κ3) is 3.62. The highest BCUT2D eigenvalue weighted by Crippen LogP contribution is 2.30.